The largest absolute Gasteiger partial charge is 0.507 e. The summed E-state index contributed by atoms with van der Waals surface area (Å²) >= 11 is 0. The van der Waals surface area contributed by atoms with Crippen molar-refractivity contribution in [1.82, 2.24) is 4.90 Å². The van der Waals surface area contributed by atoms with Crippen LogP contribution in [0.4, 0.5) is 0 Å². The van der Waals surface area contributed by atoms with Crippen molar-refractivity contribution in [2.75, 3.05) is 13.1 Å². The smallest absolute Gasteiger partial charge is 0.257 e. The van der Waals surface area contributed by atoms with Crippen LogP contribution in [0.2, 0.25) is 0 Å². The number of phenolic OH excluding ortho intramolecular Hbond substituents is 1. The highest BCUT2D eigenvalue weighted by molar-refractivity contribution is 5.97. The van der Waals surface area contributed by atoms with Gasteiger partial charge in [0.15, 0.2) is 0 Å². The first kappa shape index (κ1) is 9.02. The average molecular weight is 192 g/mol. The molecule has 1 fully saturated rings. The number of carbonyl (C=O) groups excluding carboxylic acids is 1. The number of likely N-dealkylation sites (tertiary alicyclic amines) is 1. The Morgan fingerprint density at radius 1 is 1.43 bits per heavy atom. The van der Waals surface area contributed by atoms with Crippen LogP contribution in [-0.4, -0.2) is 35.0 Å². The van der Waals surface area contributed by atoms with E-state index in [9.17, 15) is 9.90 Å². The number of carbonyl (C=O) groups is 1. The van der Waals surface area contributed by atoms with Gasteiger partial charge in [0.1, 0.15) is 5.75 Å². The van der Waals surface area contributed by atoms with Gasteiger partial charge in [-0.15, -0.1) is 0 Å². The Balaban J connectivity index is 2.16. The Bertz CT molecular complexity index is 359. The number of benzene rings is 1. The van der Waals surface area contributed by atoms with E-state index in [2.05, 4.69) is 0 Å². The van der Waals surface area contributed by atoms with E-state index in [4.69, 9.17) is 5.73 Å². The predicted molar refractivity (Wildman–Crippen MR) is 52.0 cm³/mol. The lowest BCUT2D eigenvalue weighted by atomic mass is 10.1. The molecule has 0 saturated carbocycles. The Kier molecular flexibility index (Phi) is 2.13. The van der Waals surface area contributed by atoms with Gasteiger partial charge >= 0.3 is 0 Å². The molecule has 1 aliphatic rings. The monoisotopic (exact) mass is 192 g/mol. The summed E-state index contributed by atoms with van der Waals surface area (Å²) in [4.78, 5) is 13.3. The van der Waals surface area contributed by atoms with Crippen molar-refractivity contribution in [3.63, 3.8) is 0 Å². The van der Waals surface area contributed by atoms with Crippen LogP contribution < -0.4 is 5.73 Å². The lowest BCUT2D eigenvalue weighted by Gasteiger charge is -2.36. The topological polar surface area (TPSA) is 66.6 Å². The van der Waals surface area contributed by atoms with Gasteiger partial charge in [-0.25, -0.2) is 0 Å². The van der Waals surface area contributed by atoms with Crippen molar-refractivity contribution in [3.05, 3.63) is 29.8 Å². The van der Waals surface area contributed by atoms with Gasteiger partial charge in [-0.2, -0.15) is 0 Å². The van der Waals surface area contributed by atoms with Crippen LogP contribution >= 0.6 is 0 Å². The molecule has 0 aromatic heterocycles. The molecule has 14 heavy (non-hydrogen) atoms. The number of phenols is 1. The summed E-state index contributed by atoms with van der Waals surface area (Å²) in [5, 5.41) is 9.44. The number of hydrogen-bond donors (Lipinski definition) is 2. The SMILES string of the molecule is NC1CN(C(=O)c2ccccc2O)C1. The molecule has 0 spiro atoms. The molecule has 0 unspecified atom stereocenters. The van der Waals surface area contributed by atoms with Crippen LogP contribution in [0, 0.1) is 0 Å². The summed E-state index contributed by atoms with van der Waals surface area (Å²) in [5.74, 6) is -0.122. The third-order valence-corrected chi connectivity index (χ3v) is 2.33. The minimum absolute atomic E-state index is 0.0259. The number of hydrogen-bond acceptors (Lipinski definition) is 3. The van der Waals surface area contributed by atoms with Crippen molar-refractivity contribution in [1.29, 1.82) is 0 Å². The number of nitrogens with two attached hydrogens (primary N) is 1. The summed E-state index contributed by atoms with van der Waals surface area (Å²) in [5.41, 5.74) is 5.91. The lowest BCUT2D eigenvalue weighted by molar-refractivity contribution is 0.0605. The number of nitrogens with zero attached hydrogens (tertiary/aromatic N) is 1. The first-order valence-electron chi connectivity index (χ1n) is 4.51. The molecule has 1 aliphatic heterocycles. The summed E-state index contributed by atoms with van der Waals surface area (Å²) in [6, 6.07) is 6.62. The molecule has 1 heterocycles. The van der Waals surface area contributed by atoms with Gasteiger partial charge < -0.3 is 15.7 Å². The van der Waals surface area contributed by atoms with E-state index in [1.165, 1.54) is 6.07 Å². The van der Waals surface area contributed by atoms with Crippen molar-refractivity contribution >= 4 is 5.91 Å². The molecule has 0 aliphatic carbocycles. The van der Waals surface area contributed by atoms with Crippen LogP contribution in [0.15, 0.2) is 24.3 Å². The maximum absolute atomic E-state index is 11.7. The normalized spacial score (nSPS) is 16.5. The second kappa shape index (κ2) is 3.31. The van der Waals surface area contributed by atoms with Gasteiger partial charge in [-0.3, -0.25) is 4.79 Å². The zero-order valence-corrected chi connectivity index (χ0v) is 7.68. The fourth-order valence-electron chi connectivity index (χ4n) is 1.50. The van der Waals surface area contributed by atoms with Gasteiger partial charge in [0.2, 0.25) is 0 Å². The van der Waals surface area contributed by atoms with E-state index in [-0.39, 0.29) is 17.7 Å². The molecule has 1 aromatic carbocycles. The first-order chi connectivity index (χ1) is 6.68. The maximum Gasteiger partial charge on any atom is 0.257 e. The Labute approximate surface area is 81.9 Å². The van der Waals surface area contributed by atoms with Gasteiger partial charge in [0.25, 0.3) is 5.91 Å². The number of aromatic hydroxyl groups is 1. The van der Waals surface area contributed by atoms with E-state index in [1.807, 2.05) is 0 Å². The average Bonchev–Trinajstić information content (AvgIpc) is 2.13. The Hall–Kier alpha value is -1.55. The number of amides is 1. The van der Waals surface area contributed by atoms with Crippen molar-refractivity contribution in [2.24, 2.45) is 5.73 Å². The molecular formula is C10H12N2O2. The van der Waals surface area contributed by atoms with Gasteiger partial charge in [0, 0.05) is 19.1 Å². The van der Waals surface area contributed by atoms with Crippen LogP contribution in [0.1, 0.15) is 10.4 Å². The third-order valence-electron chi connectivity index (χ3n) is 2.33. The van der Waals surface area contributed by atoms with E-state index < -0.39 is 0 Å². The summed E-state index contributed by atoms with van der Waals surface area (Å²) in [6.07, 6.45) is 0. The minimum Gasteiger partial charge on any atom is -0.507 e. The van der Waals surface area contributed by atoms with E-state index in [0.29, 0.717) is 18.7 Å². The predicted octanol–water partition coefficient (Wildman–Crippen LogP) is 0.175. The maximum atomic E-state index is 11.7. The van der Waals surface area contributed by atoms with Crippen molar-refractivity contribution in [2.45, 2.75) is 6.04 Å². The fraction of sp³-hybridized carbons (Fsp3) is 0.300. The van der Waals surface area contributed by atoms with Crippen LogP contribution in [-0.2, 0) is 0 Å². The highest BCUT2D eigenvalue weighted by Gasteiger charge is 2.29. The fourth-order valence-corrected chi connectivity index (χ4v) is 1.50. The zero-order chi connectivity index (χ0) is 10.1. The first-order valence-corrected chi connectivity index (χ1v) is 4.51. The quantitative estimate of drug-likeness (QED) is 0.666. The van der Waals surface area contributed by atoms with Gasteiger partial charge in [0.05, 0.1) is 5.56 Å². The molecule has 0 atom stereocenters. The van der Waals surface area contributed by atoms with E-state index >= 15 is 0 Å². The third kappa shape index (κ3) is 1.44. The molecule has 1 saturated heterocycles. The summed E-state index contributed by atoms with van der Waals surface area (Å²) < 4.78 is 0. The van der Waals surface area contributed by atoms with Crippen molar-refractivity contribution in [3.8, 4) is 5.75 Å². The highest BCUT2D eigenvalue weighted by Crippen LogP contribution is 2.20. The second-order valence-electron chi connectivity index (χ2n) is 3.49. The number of para-hydroxylation sites is 1. The Morgan fingerprint density at radius 3 is 2.64 bits per heavy atom. The second-order valence-corrected chi connectivity index (χ2v) is 3.49. The zero-order valence-electron chi connectivity index (χ0n) is 7.68. The van der Waals surface area contributed by atoms with E-state index in [1.54, 1.807) is 23.1 Å². The molecular weight excluding hydrogens is 180 g/mol. The minimum atomic E-state index is -0.148. The van der Waals surface area contributed by atoms with E-state index in [0.717, 1.165) is 0 Å². The van der Waals surface area contributed by atoms with Gasteiger partial charge in [-0.1, -0.05) is 12.1 Å². The standard InChI is InChI=1S/C10H12N2O2/c11-7-5-12(6-7)10(14)8-3-1-2-4-9(8)13/h1-4,7,13H,5-6,11H2. The molecule has 0 radical (unpaired) electrons. The lowest BCUT2D eigenvalue weighted by Crippen LogP contribution is -2.57. The molecule has 2 rings (SSSR count). The van der Waals surface area contributed by atoms with Gasteiger partial charge in [-0.05, 0) is 12.1 Å². The Morgan fingerprint density at radius 2 is 2.07 bits per heavy atom. The van der Waals surface area contributed by atoms with Crippen molar-refractivity contribution < 1.29 is 9.90 Å². The van der Waals surface area contributed by atoms with Crippen LogP contribution in [0.25, 0.3) is 0 Å². The molecule has 74 valence electrons. The summed E-state index contributed by atoms with van der Waals surface area (Å²) in [6.45, 7) is 1.15. The molecule has 1 aromatic rings. The summed E-state index contributed by atoms with van der Waals surface area (Å²) in [7, 11) is 0. The highest BCUT2D eigenvalue weighted by atomic mass is 16.3. The molecule has 1 amide bonds. The van der Waals surface area contributed by atoms with Crippen LogP contribution in [0.5, 0.6) is 5.75 Å². The molecule has 3 N–H and O–H groups in total. The number of rotatable bonds is 1. The molecule has 4 heteroatoms. The molecule has 0 bridgehead atoms. The van der Waals surface area contributed by atoms with Crippen LogP contribution in [0.3, 0.4) is 0 Å². The molecule has 4 nitrogen and oxygen atoms in total.